The van der Waals surface area contributed by atoms with Crippen molar-refractivity contribution in [3.8, 4) is 0 Å². The van der Waals surface area contributed by atoms with Crippen LogP contribution in [0.5, 0.6) is 0 Å². The molecule has 2 heterocycles. The van der Waals surface area contributed by atoms with Crippen LogP contribution in [-0.4, -0.2) is 28.2 Å². The number of fused-ring (bicyclic) bond motifs is 1. The summed E-state index contributed by atoms with van der Waals surface area (Å²) in [7, 11) is 0. The van der Waals surface area contributed by atoms with Crippen molar-refractivity contribution in [1.29, 1.82) is 0 Å². The highest BCUT2D eigenvalue weighted by molar-refractivity contribution is 6.06. The summed E-state index contributed by atoms with van der Waals surface area (Å²) in [5.41, 5.74) is 6.07. The molecule has 0 bridgehead atoms. The highest BCUT2D eigenvalue weighted by Gasteiger charge is 2.22. The summed E-state index contributed by atoms with van der Waals surface area (Å²) >= 11 is 0. The van der Waals surface area contributed by atoms with Crippen LogP contribution in [0, 0.1) is 13.8 Å². The number of carbonyl (C=O) groups is 2. The maximum absolute atomic E-state index is 13.0. The number of carbonyl (C=O) groups excluding carboxylic acids is 2. The van der Waals surface area contributed by atoms with Gasteiger partial charge in [0, 0.05) is 31.2 Å². The zero-order chi connectivity index (χ0) is 20.4. The van der Waals surface area contributed by atoms with Crippen LogP contribution in [0.1, 0.15) is 43.0 Å². The largest absolute Gasteiger partial charge is 0.334 e. The van der Waals surface area contributed by atoms with Gasteiger partial charge in [0.1, 0.15) is 0 Å². The summed E-state index contributed by atoms with van der Waals surface area (Å²) < 4.78 is 0. The van der Waals surface area contributed by atoms with Gasteiger partial charge in [0.05, 0.1) is 11.1 Å². The van der Waals surface area contributed by atoms with Gasteiger partial charge in [0.2, 0.25) is 0 Å². The van der Waals surface area contributed by atoms with Crippen molar-refractivity contribution in [3.63, 3.8) is 0 Å². The first-order valence-corrected chi connectivity index (χ1v) is 9.71. The fourth-order valence-electron chi connectivity index (χ4n) is 3.60. The molecule has 1 aliphatic rings. The molecule has 0 spiro atoms. The summed E-state index contributed by atoms with van der Waals surface area (Å²) in [5, 5.41) is 2.92. The first kappa shape index (κ1) is 18.9. The Kier molecular flexibility index (Phi) is 5.12. The van der Waals surface area contributed by atoms with Crippen molar-refractivity contribution in [2.24, 2.45) is 0 Å². The number of anilines is 1. The quantitative estimate of drug-likeness (QED) is 0.737. The van der Waals surface area contributed by atoms with Crippen molar-refractivity contribution >= 4 is 17.5 Å². The summed E-state index contributed by atoms with van der Waals surface area (Å²) in [6.45, 7) is 5.16. The minimum absolute atomic E-state index is 0.103. The van der Waals surface area contributed by atoms with Crippen molar-refractivity contribution in [2.75, 3.05) is 11.9 Å². The van der Waals surface area contributed by atoms with E-state index in [1.807, 2.05) is 49.1 Å². The van der Waals surface area contributed by atoms with Crippen molar-refractivity contribution in [1.82, 2.24) is 9.88 Å². The van der Waals surface area contributed by atoms with E-state index < -0.39 is 0 Å². The number of benzene rings is 2. The van der Waals surface area contributed by atoms with Crippen LogP contribution in [-0.2, 0) is 13.0 Å². The molecule has 29 heavy (non-hydrogen) atoms. The molecular weight excluding hydrogens is 362 g/mol. The second kappa shape index (κ2) is 7.87. The first-order valence-electron chi connectivity index (χ1n) is 9.71. The molecule has 0 atom stereocenters. The molecule has 5 heteroatoms. The maximum Gasteiger partial charge on any atom is 0.257 e. The average molecular weight is 385 g/mol. The van der Waals surface area contributed by atoms with Gasteiger partial charge in [-0.1, -0.05) is 36.4 Å². The molecule has 0 saturated heterocycles. The van der Waals surface area contributed by atoms with E-state index in [0.717, 1.165) is 23.2 Å². The minimum atomic E-state index is -0.273. The molecule has 146 valence electrons. The second-order valence-electron chi connectivity index (χ2n) is 7.48. The van der Waals surface area contributed by atoms with Crippen LogP contribution in [0.2, 0.25) is 0 Å². The number of aromatic nitrogens is 1. The number of hydrogen-bond acceptors (Lipinski definition) is 3. The molecule has 3 aromatic rings. The lowest BCUT2D eigenvalue weighted by Crippen LogP contribution is -2.36. The van der Waals surface area contributed by atoms with E-state index in [2.05, 4.69) is 22.4 Å². The summed E-state index contributed by atoms with van der Waals surface area (Å²) in [4.78, 5) is 31.7. The fourth-order valence-corrected chi connectivity index (χ4v) is 3.60. The van der Waals surface area contributed by atoms with E-state index in [-0.39, 0.29) is 11.8 Å². The third-order valence-corrected chi connectivity index (χ3v) is 5.31. The van der Waals surface area contributed by atoms with Gasteiger partial charge in [-0.25, -0.2) is 0 Å². The van der Waals surface area contributed by atoms with E-state index in [0.29, 0.717) is 24.2 Å². The Labute approximate surface area is 170 Å². The van der Waals surface area contributed by atoms with E-state index in [1.165, 1.54) is 23.5 Å². The highest BCUT2D eigenvalue weighted by Crippen LogP contribution is 2.21. The zero-order valence-electron chi connectivity index (χ0n) is 16.6. The predicted molar refractivity (Wildman–Crippen MR) is 113 cm³/mol. The van der Waals surface area contributed by atoms with Crippen LogP contribution in [0.3, 0.4) is 0 Å². The number of amides is 2. The normalized spacial score (nSPS) is 13.0. The Morgan fingerprint density at radius 1 is 0.966 bits per heavy atom. The molecule has 0 fully saturated rings. The third kappa shape index (κ3) is 4.04. The highest BCUT2D eigenvalue weighted by atomic mass is 16.2. The lowest BCUT2D eigenvalue weighted by atomic mass is 9.99. The molecule has 0 saturated carbocycles. The van der Waals surface area contributed by atoms with E-state index in [9.17, 15) is 9.59 Å². The standard InChI is InChI=1S/C24H23N3O2/c1-16-7-8-17(2)22(11-16)26-23(28)20-12-21(14-25-13-20)24(29)27-10-9-18-5-3-4-6-19(18)15-27/h3-8,11-14H,9-10,15H2,1-2H3,(H,26,28). The van der Waals surface area contributed by atoms with E-state index in [1.54, 1.807) is 6.07 Å². The molecule has 0 radical (unpaired) electrons. The topological polar surface area (TPSA) is 62.3 Å². The molecule has 4 rings (SSSR count). The van der Waals surface area contributed by atoms with Crippen LogP contribution in [0.4, 0.5) is 5.69 Å². The van der Waals surface area contributed by atoms with Crippen LogP contribution < -0.4 is 5.32 Å². The van der Waals surface area contributed by atoms with Gasteiger partial charge in [-0.05, 0) is 54.7 Å². The number of aryl methyl sites for hydroxylation is 2. The summed E-state index contributed by atoms with van der Waals surface area (Å²) in [5.74, 6) is -0.377. The Morgan fingerprint density at radius 2 is 1.72 bits per heavy atom. The molecule has 0 unspecified atom stereocenters. The molecule has 2 aromatic carbocycles. The van der Waals surface area contributed by atoms with Gasteiger partial charge in [0.25, 0.3) is 11.8 Å². The van der Waals surface area contributed by atoms with Gasteiger partial charge >= 0.3 is 0 Å². The zero-order valence-corrected chi connectivity index (χ0v) is 16.6. The average Bonchev–Trinajstić information content (AvgIpc) is 2.75. The summed E-state index contributed by atoms with van der Waals surface area (Å²) in [6.07, 6.45) is 3.85. The van der Waals surface area contributed by atoms with Crippen molar-refractivity contribution < 1.29 is 9.59 Å². The van der Waals surface area contributed by atoms with Gasteiger partial charge < -0.3 is 10.2 Å². The van der Waals surface area contributed by atoms with Gasteiger partial charge in [0.15, 0.2) is 0 Å². The van der Waals surface area contributed by atoms with Crippen LogP contribution in [0.15, 0.2) is 60.9 Å². The first-order chi connectivity index (χ1) is 14.0. The van der Waals surface area contributed by atoms with Crippen molar-refractivity contribution in [2.45, 2.75) is 26.8 Å². The Bertz CT molecular complexity index is 1090. The second-order valence-corrected chi connectivity index (χ2v) is 7.48. The molecule has 1 aromatic heterocycles. The maximum atomic E-state index is 13.0. The smallest absolute Gasteiger partial charge is 0.257 e. The lowest BCUT2D eigenvalue weighted by molar-refractivity contribution is 0.0734. The molecule has 2 amide bonds. The SMILES string of the molecule is Cc1ccc(C)c(NC(=O)c2cncc(C(=O)N3CCc4ccccc4C3)c2)c1. The molecule has 5 nitrogen and oxygen atoms in total. The Balaban J connectivity index is 1.52. The summed E-state index contributed by atoms with van der Waals surface area (Å²) in [6, 6.07) is 15.7. The van der Waals surface area contributed by atoms with Crippen molar-refractivity contribution in [3.05, 3.63) is 94.3 Å². The van der Waals surface area contributed by atoms with Crippen LogP contribution >= 0.6 is 0 Å². The molecule has 1 aliphatic heterocycles. The third-order valence-electron chi connectivity index (χ3n) is 5.31. The number of nitrogens with one attached hydrogen (secondary N) is 1. The predicted octanol–water partition coefficient (Wildman–Crippen LogP) is 4.15. The molecule has 1 N–H and O–H groups in total. The number of nitrogens with zero attached hydrogens (tertiary/aromatic N) is 2. The van der Waals surface area contributed by atoms with Gasteiger partial charge in [-0.15, -0.1) is 0 Å². The Morgan fingerprint density at radius 3 is 2.55 bits per heavy atom. The lowest BCUT2D eigenvalue weighted by Gasteiger charge is -2.28. The molecule has 0 aliphatic carbocycles. The van der Waals surface area contributed by atoms with Gasteiger partial charge in [-0.3, -0.25) is 14.6 Å². The minimum Gasteiger partial charge on any atom is -0.334 e. The van der Waals surface area contributed by atoms with E-state index >= 15 is 0 Å². The fraction of sp³-hybridized carbons (Fsp3) is 0.208. The van der Waals surface area contributed by atoms with E-state index in [4.69, 9.17) is 0 Å². The number of pyridine rings is 1. The van der Waals surface area contributed by atoms with Crippen LogP contribution in [0.25, 0.3) is 0 Å². The van der Waals surface area contributed by atoms with Gasteiger partial charge in [-0.2, -0.15) is 0 Å². The monoisotopic (exact) mass is 385 g/mol. The molecular formula is C24H23N3O2. The number of hydrogen-bond donors (Lipinski definition) is 1. The number of rotatable bonds is 3. The Hall–Kier alpha value is -3.47.